The maximum absolute atomic E-state index is 12.8. The van der Waals surface area contributed by atoms with E-state index in [9.17, 15) is 9.59 Å². The topological polar surface area (TPSA) is 59.1 Å². The first-order valence-corrected chi connectivity index (χ1v) is 8.28. The van der Waals surface area contributed by atoms with Gasteiger partial charge in [-0.2, -0.15) is 4.37 Å². The molecule has 0 spiro atoms. The van der Waals surface area contributed by atoms with Gasteiger partial charge in [0, 0.05) is 23.4 Å². The van der Waals surface area contributed by atoms with Crippen LogP contribution in [0.15, 0.2) is 36.4 Å². The lowest BCUT2D eigenvalue weighted by Crippen LogP contribution is -2.15. The van der Waals surface area contributed by atoms with Crippen molar-refractivity contribution in [2.75, 3.05) is 5.32 Å². The molecule has 3 aromatic rings. The minimum Gasteiger partial charge on any atom is -0.326 e. The molecule has 1 aliphatic rings. The Balaban J connectivity index is 0.000000753. The number of carbonyl (C=O) groups is 2. The third-order valence-electron chi connectivity index (χ3n) is 3.60. The molecule has 0 radical (unpaired) electrons. The first-order chi connectivity index (χ1) is 11.2. The summed E-state index contributed by atoms with van der Waals surface area (Å²) < 4.78 is 5.50. The van der Waals surface area contributed by atoms with Crippen molar-refractivity contribution in [1.29, 1.82) is 0 Å². The number of nitrogens with one attached hydrogen (secondary N) is 1. The summed E-state index contributed by atoms with van der Waals surface area (Å²) in [6, 6.07) is 11.1. The molecule has 116 valence electrons. The summed E-state index contributed by atoms with van der Waals surface area (Å²) in [7, 11) is 0. The molecule has 1 aliphatic carbocycles. The molecule has 0 saturated carbocycles. The van der Waals surface area contributed by atoms with Gasteiger partial charge in [-0.15, -0.1) is 0 Å². The van der Waals surface area contributed by atoms with Crippen molar-refractivity contribution in [1.82, 2.24) is 4.37 Å². The van der Waals surface area contributed by atoms with Gasteiger partial charge in [0.15, 0.2) is 5.78 Å². The second kappa shape index (κ2) is 5.93. The number of hydrogen-bond acceptors (Lipinski definition) is 4. The Hall–Kier alpha value is -2.53. The number of amides is 1. The number of nitrogens with zero attached hydrogens (tertiary/aromatic N) is 1. The number of rotatable bonds is 1. The highest BCUT2D eigenvalue weighted by Gasteiger charge is 2.29. The van der Waals surface area contributed by atoms with Crippen LogP contribution in [0.4, 0.5) is 5.69 Å². The normalized spacial score (nSPS) is 11.5. The number of hydrogen-bond donors (Lipinski definition) is 1. The number of anilines is 1. The monoisotopic (exact) mass is 324 g/mol. The third-order valence-corrected chi connectivity index (χ3v) is 4.41. The molecule has 4 rings (SSSR count). The van der Waals surface area contributed by atoms with Crippen LogP contribution in [-0.2, 0) is 4.79 Å². The summed E-state index contributed by atoms with van der Waals surface area (Å²) >= 11 is 1.39. The molecule has 0 atom stereocenters. The summed E-state index contributed by atoms with van der Waals surface area (Å²) in [5.74, 6) is -0.258. The summed E-state index contributed by atoms with van der Waals surface area (Å²) in [5.41, 5.74) is 3.34. The van der Waals surface area contributed by atoms with Crippen LogP contribution in [0.5, 0.6) is 0 Å². The molecule has 2 aromatic carbocycles. The van der Waals surface area contributed by atoms with E-state index < -0.39 is 0 Å². The van der Waals surface area contributed by atoms with Crippen LogP contribution < -0.4 is 5.32 Å². The summed E-state index contributed by atoms with van der Waals surface area (Å²) in [4.78, 5) is 24.2. The number of benzene rings is 2. The maximum atomic E-state index is 12.8. The minimum atomic E-state index is -0.196. The standard InChI is InChI=1S/C16H10N2O2S.C2H6/c1-8(19)17-11-6-2-4-9-13(11)16(20)10-5-3-7-12-14(10)15(9)18-21-12;1-2/h2-7H,1H3,(H,17,19);1-2H3. The van der Waals surface area contributed by atoms with Gasteiger partial charge in [0.1, 0.15) is 0 Å². The summed E-state index contributed by atoms with van der Waals surface area (Å²) in [5, 5.41) is 3.65. The molecule has 5 heteroatoms. The second-order valence-corrected chi connectivity index (χ2v) is 5.75. The van der Waals surface area contributed by atoms with Crippen molar-refractivity contribution < 1.29 is 9.59 Å². The Bertz CT molecular complexity index is 928. The van der Waals surface area contributed by atoms with Crippen LogP contribution in [-0.4, -0.2) is 16.1 Å². The van der Waals surface area contributed by atoms with E-state index in [2.05, 4.69) is 9.69 Å². The second-order valence-electron chi connectivity index (χ2n) is 4.95. The molecule has 1 aromatic heterocycles. The molecule has 23 heavy (non-hydrogen) atoms. The molecule has 0 aliphatic heterocycles. The van der Waals surface area contributed by atoms with Crippen molar-refractivity contribution in [3.63, 3.8) is 0 Å². The minimum absolute atomic E-state index is 0.0624. The zero-order valence-electron chi connectivity index (χ0n) is 13.1. The van der Waals surface area contributed by atoms with Gasteiger partial charge in [-0.25, -0.2) is 0 Å². The Morgan fingerprint density at radius 1 is 1.09 bits per heavy atom. The largest absolute Gasteiger partial charge is 0.326 e. The molecule has 0 fully saturated rings. The van der Waals surface area contributed by atoms with Crippen LogP contribution in [0, 0.1) is 0 Å². The molecule has 1 N–H and O–H groups in total. The van der Waals surface area contributed by atoms with E-state index in [1.165, 1.54) is 18.5 Å². The fraction of sp³-hybridized carbons (Fsp3) is 0.167. The SMILES string of the molecule is CC.CC(=O)Nc1cccc2c1C(=O)c1cccc3snc-2c13. The third kappa shape index (κ3) is 2.33. The highest BCUT2D eigenvalue weighted by molar-refractivity contribution is 7.13. The van der Waals surface area contributed by atoms with Crippen molar-refractivity contribution in [2.45, 2.75) is 20.8 Å². The maximum Gasteiger partial charge on any atom is 0.221 e. The summed E-state index contributed by atoms with van der Waals surface area (Å²) in [6.45, 7) is 5.43. The Kier molecular flexibility index (Phi) is 3.96. The van der Waals surface area contributed by atoms with Gasteiger partial charge < -0.3 is 5.32 Å². The first-order valence-electron chi connectivity index (χ1n) is 7.51. The van der Waals surface area contributed by atoms with Gasteiger partial charge in [-0.3, -0.25) is 9.59 Å². The average Bonchev–Trinajstić information content (AvgIpc) is 2.99. The molecular formula is C18H16N2O2S. The van der Waals surface area contributed by atoms with Crippen LogP contribution in [0.1, 0.15) is 36.7 Å². The Morgan fingerprint density at radius 3 is 2.52 bits per heavy atom. The van der Waals surface area contributed by atoms with Crippen molar-refractivity contribution in [3.8, 4) is 11.3 Å². The number of ketones is 1. The fourth-order valence-corrected chi connectivity index (χ4v) is 3.60. The average molecular weight is 324 g/mol. The highest BCUT2D eigenvalue weighted by Crippen LogP contribution is 2.42. The summed E-state index contributed by atoms with van der Waals surface area (Å²) in [6.07, 6.45) is 0. The Morgan fingerprint density at radius 2 is 1.78 bits per heavy atom. The van der Waals surface area contributed by atoms with E-state index in [0.29, 0.717) is 16.8 Å². The fourth-order valence-electron chi connectivity index (χ4n) is 2.79. The smallest absolute Gasteiger partial charge is 0.221 e. The van der Waals surface area contributed by atoms with Crippen LogP contribution in [0.25, 0.3) is 21.3 Å². The molecule has 0 saturated heterocycles. The first kappa shape index (κ1) is 15.4. The van der Waals surface area contributed by atoms with Gasteiger partial charge in [0.05, 0.1) is 21.6 Å². The highest BCUT2D eigenvalue weighted by atomic mass is 32.1. The van der Waals surface area contributed by atoms with Gasteiger partial charge >= 0.3 is 0 Å². The van der Waals surface area contributed by atoms with E-state index in [-0.39, 0.29) is 11.7 Å². The quantitative estimate of drug-likeness (QED) is 0.561. The zero-order chi connectivity index (χ0) is 16.6. The van der Waals surface area contributed by atoms with Gasteiger partial charge in [-0.1, -0.05) is 38.1 Å². The van der Waals surface area contributed by atoms with Gasteiger partial charge in [0.25, 0.3) is 0 Å². The van der Waals surface area contributed by atoms with Gasteiger partial charge in [0.2, 0.25) is 5.91 Å². The number of carbonyl (C=O) groups excluding carboxylic acids is 2. The van der Waals surface area contributed by atoms with Crippen LogP contribution in [0.2, 0.25) is 0 Å². The lowest BCUT2D eigenvalue weighted by molar-refractivity contribution is -0.114. The molecule has 1 heterocycles. The van der Waals surface area contributed by atoms with Gasteiger partial charge in [-0.05, 0) is 23.7 Å². The van der Waals surface area contributed by atoms with E-state index in [1.54, 1.807) is 6.07 Å². The Labute approximate surface area is 138 Å². The zero-order valence-corrected chi connectivity index (χ0v) is 14.0. The van der Waals surface area contributed by atoms with Crippen molar-refractivity contribution in [2.24, 2.45) is 0 Å². The number of aromatic nitrogens is 1. The molecular weight excluding hydrogens is 308 g/mol. The van der Waals surface area contributed by atoms with Crippen LogP contribution in [0.3, 0.4) is 0 Å². The predicted octanol–water partition coefficient (Wildman–Crippen LogP) is 4.49. The lowest BCUT2D eigenvalue weighted by Gasteiger charge is -2.18. The number of fused-ring (bicyclic) bond motifs is 2. The molecule has 4 nitrogen and oxygen atoms in total. The van der Waals surface area contributed by atoms with E-state index in [0.717, 1.165) is 21.3 Å². The molecule has 1 amide bonds. The van der Waals surface area contributed by atoms with Crippen molar-refractivity contribution in [3.05, 3.63) is 47.5 Å². The lowest BCUT2D eigenvalue weighted by atomic mass is 9.86. The van der Waals surface area contributed by atoms with E-state index >= 15 is 0 Å². The molecule has 0 bridgehead atoms. The van der Waals surface area contributed by atoms with E-state index in [1.807, 2.05) is 44.2 Å². The van der Waals surface area contributed by atoms with Crippen LogP contribution >= 0.6 is 11.5 Å². The molecule has 0 unspecified atom stereocenters. The van der Waals surface area contributed by atoms with Crippen molar-refractivity contribution >= 4 is 39.0 Å². The van der Waals surface area contributed by atoms with E-state index in [4.69, 9.17) is 0 Å². The predicted molar refractivity (Wildman–Crippen MR) is 94.1 cm³/mol.